The van der Waals surface area contributed by atoms with E-state index in [1.54, 1.807) is 21.0 Å². The molecule has 1 aliphatic rings. The molecule has 36 heavy (non-hydrogen) atoms. The molecule has 4 amide bonds. The largest absolute Gasteiger partial charge is 0.379 e. The lowest BCUT2D eigenvalue weighted by Crippen LogP contribution is -2.46. The molecule has 0 unspecified atom stereocenters. The SMILES string of the molecule is COC(C)(C)CCOC(C)(C)C(=O)NCCOCCOCCNC(=O)CCCN1C(=O)C=C(S)C1=O. The van der Waals surface area contributed by atoms with E-state index in [1.807, 2.05) is 13.8 Å². The summed E-state index contributed by atoms with van der Waals surface area (Å²) in [5, 5.41) is 5.51. The van der Waals surface area contributed by atoms with E-state index in [9.17, 15) is 19.2 Å². The number of thiol groups is 1. The molecule has 0 aromatic carbocycles. The highest BCUT2D eigenvalue weighted by Crippen LogP contribution is 2.17. The number of ether oxygens (including phenoxy) is 4. The monoisotopic (exact) mass is 531 g/mol. The summed E-state index contributed by atoms with van der Waals surface area (Å²) in [5.41, 5.74) is -1.25. The molecule has 0 atom stereocenters. The van der Waals surface area contributed by atoms with Crippen LogP contribution in [0.4, 0.5) is 0 Å². The van der Waals surface area contributed by atoms with E-state index in [4.69, 9.17) is 18.9 Å². The number of hydrogen-bond acceptors (Lipinski definition) is 9. The lowest BCUT2D eigenvalue weighted by Gasteiger charge is -2.28. The maximum Gasteiger partial charge on any atom is 0.267 e. The molecule has 0 bridgehead atoms. The fraction of sp³-hybridized carbons (Fsp3) is 0.750. The Labute approximate surface area is 219 Å². The second-order valence-corrected chi connectivity index (χ2v) is 9.81. The number of carbonyl (C=O) groups is 4. The number of hydrogen-bond donors (Lipinski definition) is 3. The van der Waals surface area contributed by atoms with Crippen LogP contribution in [-0.4, -0.2) is 99.5 Å². The fourth-order valence-corrected chi connectivity index (χ4v) is 3.18. The van der Waals surface area contributed by atoms with Gasteiger partial charge in [0, 0.05) is 39.2 Å². The van der Waals surface area contributed by atoms with Gasteiger partial charge in [0.25, 0.3) is 17.7 Å². The molecule has 0 aromatic rings. The molecule has 0 radical (unpaired) electrons. The van der Waals surface area contributed by atoms with Gasteiger partial charge in [0.1, 0.15) is 5.60 Å². The molecule has 0 fully saturated rings. The minimum absolute atomic E-state index is 0.113. The van der Waals surface area contributed by atoms with Crippen LogP contribution in [0, 0.1) is 0 Å². The summed E-state index contributed by atoms with van der Waals surface area (Å²) in [6, 6.07) is 0. The van der Waals surface area contributed by atoms with Crippen molar-refractivity contribution in [2.24, 2.45) is 0 Å². The summed E-state index contributed by atoms with van der Waals surface area (Å²) < 4.78 is 21.9. The van der Waals surface area contributed by atoms with Crippen LogP contribution in [-0.2, 0) is 38.1 Å². The minimum atomic E-state index is -0.951. The first-order valence-corrected chi connectivity index (χ1v) is 12.5. The normalized spacial score (nSPS) is 14.3. The number of carbonyl (C=O) groups excluding carboxylic acids is 4. The van der Waals surface area contributed by atoms with Crippen molar-refractivity contribution in [3.8, 4) is 0 Å². The number of amides is 4. The highest BCUT2D eigenvalue weighted by molar-refractivity contribution is 7.85. The van der Waals surface area contributed by atoms with Gasteiger partial charge in [-0.3, -0.25) is 24.1 Å². The number of rotatable bonds is 19. The molecular formula is C24H41N3O8S. The smallest absolute Gasteiger partial charge is 0.267 e. The molecule has 11 nitrogen and oxygen atoms in total. The average Bonchev–Trinajstić information content (AvgIpc) is 3.05. The highest BCUT2D eigenvalue weighted by atomic mass is 32.1. The predicted octanol–water partition coefficient (Wildman–Crippen LogP) is 0.825. The topological polar surface area (TPSA) is 132 Å². The number of methoxy groups -OCH3 is 1. The van der Waals surface area contributed by atoms with E-state index in [2.05, 4.69) is 23.3 Å². The third-order valence-electron chi connectivity index (χ3n) is 5.52. The van der Waals surface area contributed by atoms with Crippen LogP contribution in [0.15, 0.2) is 11.0 Å². The van der Waals surface area contributed by atoms with Gasteiger partial charge in [-0.15, -0.1) is 12.6 Å². The molecule has 1 aliphatic heterocycles. The summed E-state index contributed by atoms with van der Waals surface area (Å²) in [7, 11) is 1.65. The zero-order chi connectivity index (χ0) is 27.2. The molecule has 0 saturated carbocycles. The quantitative estimate of drug-likeness (QED) is 0.127. The van der Waals surface area contributed by atoms with Crippen molar-refractivity contribution in [2.45, 2.75) is 58.2 Å². The van der Waals surface area contributed by atoms with Crippen molar-refractivity contribution in [1.82, 2.24) is 15.5 Å². The Kier molecular flexibility index (Phi) is 14.2. The Morgan fingerprint density at radius 2 is 1.58 bits per heavy atom. The molecule has 206 valence electrons. The first-order chi connectivity index (χ1) is 16.9. The summed E-state index contributed by atoms with van der Waals surface area (Å²) in [5.74, 6) is -1.23. The minimum Gasteiger partial charge on any atom is -0.379 e. The van der Waals surface area contributed by atoms with Crippen molar-refractivity contribution in [3.05, 3.63) is 11.0 Å². The van der Waals surface area contributed by atoms with E-state index in [0.717, 1.165) is 4.90 Å². The summed E-state index contributed by atoms with van der Waals surface area (Å²) in [4.78, 5) is 48.6. The van der Waals surface area contributed by atoms with Crippen LogP contribution in [0.3, 0.4) is 0 Å². The molecule has 1 heterocycles. The molecule has 12 heteroatoms. The summed E-state index contributed by atoms with van der Waals surface area (Å²) in [6.45, 7) is 10.0. The Balaban J connectivity index is 1.98. The third-order valence-corrected chi connectivity index (χ3v) is 5.84. The molecule has 0 spiro atoms. The Bertz CT molecular complexity index is 785. The van der Waals surface area contributed by atoms with Crippen molar-refractivity contribution >= 4 is 36.3 Å². The molecule has 0 aliphatic carbocycles. The lowest BCUT2D eigenvalue weighted by atomic mass is 10.1. The van der Waals surface area contributed by atoms with Crippen molar-refractivity contribution in [2.75, 3.05) is 59.8 Å². The first-order valence-electron chi connectivity index (χ1n) is 12.1. The van der Waals surface area contributed by atoms with Gasteiger partial charge in [0.05, 0.1) is 43.5 Å². The van der Waals surface area contributed by atoms with E-state index < -0.39 is 17.4 Å². The molecule has 0 aromatic heterocycles. The average molecular weight is 532 g/mol. The van der Waals surface area contributed by atoms with E-state index >= 15 is 0 Å². The molecular weight excluding hydrogens is 490 g/mol. The number of nitrogens with one attached hydrogen (secondary N) is 2. The number of nitrogens with zero attached hydrogens (tertiary/aromatic N) is 1. The molecule has 2 N–H and O–H groups in total. The Morgan fingerprint density at radius 1 is 0.972 bits per heavy atom. The Morgan fingerprint density at radius 3 is 2.14 bits per heavy atom. The van der Waals surface area contributed by atoms with Gasteiger partial charge in [0.15, 0.2) is 0 Å². The van der Waals surface area contributed by atoms with Crippen LogP contribution in [0.5, 0.6) is 0 Å². The lowest BCUT2D eigenvalue weighted by molar-refractivity contribution is -0.145. The van der Waals surface area contributed by atoms with Crippen LogP contribution >= 0.6 is 12.6 Å². The summed E-state index contributed by atoms with van der Waals surface area (Å²) >= 11 is 3.93. The zero-order valence-electron chi connectivity index (χ0n) is 22.0. The molecule has 1 rings (SSSR count). The van der Waals surface area contributed by atoms with Crippen molar-refractivity contribution < 1.29 is 38.1 Å². The van der Waals surface area contributed by atoms with Gasteiger partial charge in [0.2, 0.25) is 5.91 Å². The zero-order valence-corrected chi connectivity index (χ0v) is 22.9. The van der Waals surface area contributed by atoms with Gasteiger partial charge in [-0.05, 0) is 40.5 Å². The third kappa shape index (κ3) is 12.3. The summed E-state index contributed by atoms with van der Waals surface area (Å²) in [6.07, 6.45) is 2.41. The van der Waals surface area contributed by atoms with Crippen LogP contribution in [0.2, 0.25) is 0 Å². The number of imide groups is 1. The van der Waals surface area contributed by atoms with Crippen LogP contribution < -0.4 is 10.6 Å². The fourth-order valence-electron chi connectivity index (χ4n) is 2.95. The second kappa shape index (κ2) is 16.0. The standard InChI is InChI=1S/C24H41N3O8S/c1-23(2,32-5)8-12-35-24(3,4)22(31)26-10-14-34-16-15-33-13-9-25-19(28)7-6-11-27-20(29)17-18(36)21(27)30/h17,36H,6-16H2,1-5H3,(H,25,28)(H,26,31). The van der Waals surface area contributed by atoms with Crippen LogP contribution in [0.1, 0.15) is 47.0 Å². The second-order valence-electron chi connectivity index (χ2n) is 9.33. The van der Waals surface area contributed by atoms with Gasteiger partial charge in [-0.25, -0.2) is 0 Å². The van der Waals surface area contributed by atoms with E-state index in [0.29, 0.717) is 59.0 Å². The van der Waals surface area contributed by atoms with E-state index in [1.165, 1.54) is 6.08 Å². The Hall–Kier alpha value is -1.99. The van der Waals surface area contributed by atoms with E-state index in [-0.39, 0.29) is 35.3 Å². The first kappa shape index (κ1) is 32.0. The van der Waals surface area contributed by atoms with Crippen molar-refractivity contribution in [3.63, 3.8) is 0 Å². The van der Waals surface area contributed by atoms with Gasteiger partial charge in [-0.1, -0.05) is 0 Å². The maximum atomic E-state index is 12.3. The maximum absolute atomic E-state index is 12.3. The predicted molar refractivity (Wildman–Crippen MR) is 136 cm³/mol. The van der Waals surface area contributed by atoms with Gasteiger partial charge >= 0.3 is 0 Å². The van der Waals surface area contributed by atoms with Gasteiger partial charge in [-0.2, -0.15) is 0 Å². The van der Waals surface area contributed by atoms with Crippen molar-refractivity contribution in [1.29, 1.82) is 0 Å². The van der Waals surface area contributed by atoms with Gasteiger partial charge < -0.3 is 29.6 Å². The highest BCUT2D eigenvalue weighted by Gasteiger charge is 2.29. The van der Waals surface area contributed by atoms with Crippen LogP contribution in [0.25, 0.3) is 0 Å². The molecule has 0 saturated heterocycles.